The summed E-state index contributed by atoms with van der Waals surface area (Å²) in [5.41, 5.74) is 5.35. The molecule has 5 rings (SSSR count). The molecule has 184 valence electrons. The molecule has 3 fully saturated rings. The van der Waals surface area contributed by atoms with Crippen LogP contribution in [0.1, 0.15) is 47.2 Å². The molecule has 0 heterocycles. The third-order valence-electron chi connectivity index (χ3n) is 8.34. The molecule has 0 aliphatic heterocycles. The van der Waals surface area contributed by atoms with Crippen molar-refractivity contribution < 1.29 is 34.2 Å². The van der Waals surface area contributed by atoms with E-state index in [1.807, 2.05) is 6.08 Å². The fourth-order valence-electron chi connectivity index (χ4n) is 6.51. The molecule has 0 aromatic heterocycles. The maximum absolute atomic E-state index is 13.8. The number of hydrogen-bond acceptors (Lipinski definition) is 8. The first kappa shape index (κ1) is 23.6. The van der Waals surface area contributed by atoms with Gasteiger partial charge in [0.05, 0.1) is 17.5 Å². The first-order valence-corrected chi connectivity index (χ1v) is 11.9. The van der Waals surface area contributed by atoms with E-state index in [4.69, 9.17) is 5.73 Å². The number of allylic oxidation sites excluding steroid dienone is 1. The lowest BCUT2D eigenvalue weighted by atomic mass is 9.52. The lowest BCUT2D eigenvalue weighted by Gasteiger charge is -2.52. The second kappa shape index (κ2) is 7.93. The second-order valence-corrected chi connectivity index (χ2v) is 10.5. The summed E-state index contributed by atoms with van der Waals surface area (Å²) >= 11 is 0. The Morgan fingerprint density at radius 2 is 1.83 bits per heavy atom. The predicted molar refractivity (Wildman–Crippen MR) is 123 cm³/mol. The maximum atomic E-state index is 13.8. The van der Waals surface area contributed by atoms with Gasteiger partial charge in [-0.15, -0.1) is 0 Å². The number of Topliss-reactive ketones (excluding diaryl/α,β-unsaturated/α-hetero) is 4. The first-order valence-electron chi connectivity index (χ1n) is 11.9. The van der Waals surface area contributed by atoms with Crippen molar-refractivity contribution in [1.82, 2.24) is 4.90 Å². The molecule has 35 heavy (non-hydrogen) atoms. The minimum atomic E-state index is -2.70. The molecule has 9 heteroatoms. The molecule has 9 nitrogen and oxygen atoms in total. The van der Waals surface area contributed by atoms with Crippen LogP contribution in [-0.2, 0) is 25.6 Å². The number of ketones is 4. The van der Waals surface area contributed by atoms with Crippen molar-refractivity contribution in [3.05, 3.63) is 34.4 Å². The summed E-state index contributed by atoms with van der Waals surface area (Å²) in [6.07, 6.45) is 5.39. The van der Waals surface area contributed by atoms with Crippen LogP contribution in [0, 0.1) is 23.7 Å². The second-order valence-electron chi connectivity index (χ2n) is 10.5. The number of nitrogens with two attached hydrogens (primary N) is 1. The summed E-state index contributed by atoms with van der Waals surface area (Å²) in [7, 11) is 3.13. The Kier molecular flexibility index (Phi) is 5.34. The molecule has 4 aliphatic carbocycles. The van der Waals surface area contributed by atoms with Crippen LogP contribution in [0.25, 0.3) is 6.08 Å². The Morgan fingerprint density at radius 1 is 1.14 bits per heavy atom. The average Bonchev–Trinajstić information content (AvgIpc) is 2.74. The number of amides is 1. The number of likely N-dealkylation sites (N-methyl/N-ethyl adjacent to an activating group) is 1. The van der Waals surface area contributed by atoms with Crippen LogP contribution < -0.4 is 5.73 Å². The normalized spacial score (nSPS) is 34.2. The number of carbonyl (C=O) groups is 5. The molecular formula is C26H28N2O7. The van der Waals surface area contributed by atoms with E-state index in [9.17, 15) is 34.2 Å². The van der Waals surface area contributed by atoms with Crippen LogP contribution in [0.5, 0.6) is 5.75 Å². The smallest absolute Gasteiger partial charge is 0.235 e. The third kappa shape index (κ3) is 3.18. The summed E-state index contributed by atoms with van der Waals surface area (Å²) in [6, 6.07) is 2.07. The third-order valence-corrected chi connectivity index (χ3v) is 8.34. The fourth-order valence-corrected chi connectivity index (χ4v) is 6.51. The van der Waals surface area contributed by atoms with Crippen molar-refractivity contribution in [2.75, 3.05) is 14.1 Å². The number of aromatic hydroxyl groups is 1. The van der Waals surface area contributed by atoms with E-state index < -0.39 is 64.4 Å². The summed E-state index contributed by atoms with van der Waals surface area (Å²) in [6.45, 7) is 0. The lowest BCUT2D eigenvalue weighted by molar-refractivity contribution is -0.181. The zero-order chi connectivity index (χ0) is 25.4. The lowest BCUT2D eigenvalue weighted by Crippen LogP contribution is -2.74. The number of phenols is 1. The van der Waals surface area contributed by atoms with Gasteiger partial charge in [0.1, 0.15) is 5.75 Å². The van der Waals surface area contributed by atoms with Gasteiger partial charge in [0, 0.05) is 5.92 Å². The molecule has 6 atom stereocenters. The molecular weight excluding hydrogens is 452 g/mol. The zero-order valence-electron chi connectivity index (χ0n) is 19.6. The number of primary amides is 1. The van der Waals surface area contributed by atoms with Crippen molar-refractivity contribution in [2.45, 2.75) is 43.7 Å². The molecule has 0 radical (unpaired) electrons. The molecule has 4 N–H and O–H groups in total. The number of nitrogens with zero attached hydrogens (tertiary/aromatic N) is 1. The van der Waals surface area contributed by atoms with Crippen molar-refractivity contribution >= 4 is 35.1 Å². The van der Waals surface area contributed by atoms with Gasteiger partial charge in [-0.05, 0) is 69.3 Å². The van der Waals surface area contributed by atoms with Crippen LogP contribution >= 0.6 is 0 Å². The molecule has 0 saturated heterocycles. The van der Waals surface area contributed by atoms with Crippen molar-refractivity contribution in [3.8, 4) is 5.75 Å². The zero-order valence-corrected chi connectivity index (χ0v) is 19.6. The minimum absolute atomic E-state index is 0.0327. The molecule has 0 spiro atoms. The number of rotatable bonds is 3. The van der Waals surface area contributed by atoms with Crippen LogP contribution in [0.3, 0.4) is 0 Å². The number of carbonyl (C=O) groups excluding carboxylic acids is 5. The van der Waals surface area contributed by atoms with Gasteiger partial charge in [-0.2, -0.15) is 0 Å². The van der Waals surface area contributed by atoms with Gasteiger partial charge >= 0.3 is 0 Å². The summed E-state index contributed by atoms with van der Waals surface area (Å²) < 4.78 is 0. The van der Waals surface area contributed by atoms with E-state index in [1.54, 1.807) is 20.2 Å². The first-order chi connectivity index (χ1) is 16.5. The van der Waals surface area contributed by atoms with E-state index in [0.29, 0.717) is 5.56 Å². The Bertz CT molecular complexity index is 1230. The largest absolute Gasteiger partial charge is 0.507 e. The molecule has 0 bridgehead atoms. The molecule has 3 saturated carbocycles. The maximum Gasteiger partial charge on any atom is 0.235 e. The van der Waals surface area contributed by atoms with E-state index in [0.717, 1.165) is 24.8 Å². The molecule has 4 aliphatic rings. The highest BCUT2D eigenvalue weighted by molar-refractivity contribution is 6.32. The van der Waals surface area contributed by atoms with Crippen molar-refractivity contribution in [2.24, 2.45) is 29.4 Å². The number of benzene rings is 1. The number of aliphatic hydroxyl groups is 1. The van der Waals surface area contributed by atoms with Gasteiger partial charge in [-0.3, -0.25) is 28.9 Å². The van der Waals surface area contributed by atoms with Gasteiger partial charge in [0.25, 0.3) is 0 Å². The van der Waals surface area contributed by atoms with E-state index in [-0.39, 0.29) is 24.2 Å². The van der Waals surface area contributed by atoms with Crippen molar-refractivity contribution in [1.29, 1.82) is 0 Å². The Morgan fingerprint density at radius 3 is 2.40 bits per heavy atom. The van der Waals surface area contributed by atoms with Gasteiger partial charge in [0.2, 0.25) is 5.91 Å². The molecule has 1 aromatic rings. The predicted octanol–water partition coefficient (Wildman–Crippen LogP) is 0.434. The van der Waals surface area contributed by atoms with Crippen LogP contribution in [-0.4, -0.2) is 69.9 Å². The minimum Gasteiger partial charge on any atom is -0.507 e. The van der Waals surface area contributed by atoms with Gasteiger partial charge in [-0.25, -0.2) is 0 Å². The highest BCUT2D eigenvalue weighted by Crippen LogP contribution is 2.51. The highest BCUT2D eigenvalue weighted by Gasteiger charge is 2.69. The van der Waals surface area contributed by atoms with E-state index in [2.05, 4.69) is 0 Å². The number of hydrogen-bond donors (Lipinski definition) is 3. The topological polar surface area (TPSA) is 155 Å². The number of phenolic OH excluding ortho intramolecular Hbond substituents is 1. The fraction of sp³-hybridized carbons (Fsp3) is 0.500. The van der Waals surface area contributed by atoms with Gasteiger partial charge in [0.15, 0.2) is 34.7 Å². The van der Waals surface area contributed by atoms with Crippen LogP contribution in [0.4, 0.5) is 0 Å². The SMILES string of the molecule is CN(C)[C@@H]1C(=O)C(C(N)=O)C(=O)[C@@]2(O)C(=O)C3C(=O)c4c(O)ccc(C=C5CCC5)c4CC3CC12. The Balaban J connectivity index is 1.63. The quantitative estimate of drug-likeness (QED) is 0.526. The Labute approximate surface area is 202 Å². The number of fused-ring (bicyclic) bond motifs is 3. The van der Waals surface area contributed by atoms with Gasteiger partial charge in [-0.1, -0.05) is 17.7 Å². The summed E-state index contributed by atoms with van der Waals surface area (Å²) in [5, 5.41) is 22.1. The standard InChI is InChI=1S/C26H28N2O7/c1-28(2)20-15-10-13-9-14-12(8-11-4-3-5-11)6-7-16(29)18(14)21(30)17(13)23(32)26(15,35)24(33)19(22(20)31)25(27)34/h6-8,13,15,17,19-20,29,35H,3-5,9-10H2,1-2H3,(H2,27,34)/t13?,15?,17?,19?,20-,26-/m0/s1. The Hall–Kier alpha value is -3.17. The van der Waals surface area contributed by atoms with Gasteiger partial charge < -0.3 is 15.9 Å². The average molecular weight is 481 g/mol. The summed E-state index contributed by atoms with van der Waals surface area (Å²) in [4.78, 5) is 67.2. The van der Waals surface area contributed by atoms with Crippen molar-refractivity contribution in [3.63, 3.8) is 0 Å². The van der Waals surface area contributed by atoms with E-state index in [1.165, 1.54) is 16.5 Å². The van der Waals surface area contributed by atoms with Crippen LogP contribution in [0.2, 0.25) is 0 Å². The molecule has 4 unspecified atom stereocenters. The highest BCUT2D eigenvalue weighted by atomic mass is 16.3. The van der Waals surface area contributed by atoms with E-state index >= 15 is 0 Å². The molecule has 1 aromatic carbocycles. The summed E-state index contributed by atoms with van der Waals surface area (Å²) in [5.74, 6) is -10.2. The molecule has 1 amide bonds. The van der Waals surface area contributed by atoms with Crippen LogP contribution in [0.15, 0.2) is 17.7 Å². The monoisotopic (exact) mass is 480 g/mol.